The fourth-order valence-electron chi connectivity index (χ4n) is 2.18. The highest BCUT2D eigenvalue weighted by Gasteiger charge is 2.42. The number of phenolic OH excluding ortho intramolecular Hbond substituents is 1. The highest BCUT2D eigenvalue weighted by Crippen LogP contribution is 2.48. The molecule has 1 saturated carbocycles. The van der Waals surface area contributed by atoms with Gasteiger partial charge in [0.15, 0.2) is 11.5 Å². The molecule has 0 aromatic heterocycles. The molecular weight excluding hydrogens is 238 g/mol. The second-order valence-electron chi connectivity index (χ2n) is 5.08. The van der Waals surface area contributed by atoms with Gasteiger partial charge in [-0.25, -0.2) is 0 Å². The molecule has 0 bridgehead atoms. The highest BCUT2D eigenvalue weighted by atomic mass is 16.5. The van der Waals surface area contributed by atoms with Gasteiger partial charge in [0.05, 0.1) is 0 Å². The third-order valence-electron chi connectivity index (χ3n) is 3.56. The molecular formula is C16H17NO2. The Morgan fingerprint density at radius 3 is 2.47 bits per heavy atom. The lowest BCUT2D eigenvalue weighted by atomic mass is 10.0. The molecule has 0 aliphatic heterocycles. The van der Waals surface area contributed by atoms with Gasteiger partial charge in [-0.15, -0.1) is 0 Å². The Balaban J connectivity index is 1.78. The Morgan fingerprint density at radius 2 is 1.79 bits per heavy atom. The SMILES string of the molecule is NC1(c2cccc(OCc3ccccc3)c2O)CC1. The van der Waals surface area contributed by atoms with Crippen LogP contribution in [-0.2, 0) is 12.1 Å². The lowest BCUT2D eigenvalue weighted by molar-refractivity contribution is 0.287. The molecule has 0 saturated heterocycles. The molecule has 3 nitrogen and oxygen atoms in total. The molecule has 1 fully saturated rings. The van der Waals surface area contributed by atoms with E-state index in [1.807, 2.05) is 42.5 Å². The van der Waals surface area contributed by atoms with Crippen LogP contribution in [0.25, 0.3) is 0 Å². The maximum absolute atomic E-state index is 10.2. The van der Waals surface area contributed by atoms with Crippen LogP contribution in [-0.4, -0.2) is 5.11 Å². The van der Waals surface area contributed by atoms with Gasteiger partial charge in [-0.3, -0.25) is 0 Å². The second kappa shape index (κ2) is 4.59. The number of rotatable bonds is 4. The van der Waals surface area contributed by atoms with Crippen molar-refractivity contribution in [2.24, 2.45) is 5.73 Å². The number of nitrogens with two attached hydrogens (primary N) is 1. The van der Waals surface area contributed by atoms with Crippen LogP contribution in [0.4, 0.5) is 0 Å². The lowest BCUT2D eigenvalue weighted by Gasteiger charge is -2.15. The third kappa shape index (κ3) is 2.42. The predicted molar refractivity (Wildman–Crippen MR) is 74.0 cm³/mol. The summed E-state index contributed by atoms with van der Waals surface area (Å²) in [6.45, 7) is 0.440. The Labute approximate surface area is 112 Å². The minimum Gasteiger partial charge on any atom is -0.504 e. The van der Waals surface area contributed by atoms with E-state index in [0.29, 0.717) is 12.4 Å². The van der Waals surface area contributed by atoms with E-state index in [4.69, 9.17) is 10.5 Å². The molecule has 3 rings (SSSR count). The van der Waals surface area contributed by atoms with Crippen molar-refractivity contribution in [3.63, 3.8) is 0 Å². The molecule has 0 radical (unpaired) electrons. The molecule has 2 aromatic carbocycles. The maximum atomic E-state index is 10.2. The van der Waals surface area contributed by atoms with E-state index in [-0.39, 0.29) is 11.3 Å². The average Bonchev–Trinajstić information content (AvgIpc) is 3.18. The molecule has 98 valence electrons. The Morgan fingerprint density at radius 1 is 1.05 bits per heavy atom. The van der Waals surface area contributed by atoms with E-state index in [1.165, 1.54) is 0 Å². The minimum atomic E-state index is -0.351. The van der Waals surface area contributed by atoms with Gasteiger partial charge in [-0.05, 0) is 24.5 Å². The number of para-hydroxylation sites is 1. The Kier molecular flexibility index (Phi) is 2.91. The number of ether oxygens (including phenoxy) is 1. The van der Waals surface area contributed by atoms with Crippen molar-refractivity contribution in [2.75, 3.05) is 0 Å². The second-order valence-corrected chi connectivity index (χ2v) is 5.08. The number of hydrogen-bond donors (Lipinski definition) is 2. The fraction of sp³-hybridized carbons (Fsp3) is 0.250. The van der Waals surface area contributed by atoms with Crippen LogP contribution in [0.1, 0.15) is 24.0 Å². The molecule has 0 spiro atoms. The van der Waals surface area contributed by atoms with Crippen LogP contribution in [0.3, 0.4) is 0 Å². The third-order valence-corrected chi connectivity index (χ3v) is 3.56. The van der Waals surface area contributed by atoms with Gasteiger partial charge in [-0.2, -0.15) is 0 Å². The van der Waals surface area contributed by atoms with Gasteiger partial charge < -0.3 is 15.6 Å². The summed E-state index contributed by atoms with van der Waals surface area (Å²) in [6, 6.07) is 15.4. The van der Waals surface area contributed by atoms with Crippen molar-refractivity contribution < 1.29 is 9.84 Å². The molecule has 0 atom stereocenters. The predicted octanol–water partition coefficient (Wildman–Crippen LogP) is 2.92. The van der Waals surface area contributed by atoms with Crippen molar-refractivity contribution in [3.05, 3.63) is 59.7 Å². The largest absolute Gasteiger partial charge is 0.504 e. The van der Waals surface area contributed by atoms with Gasteiger partial charge >= 0.3 is 0 Å². The molecule has 3 heteroatoms. The average molecular weight is 255 g/mol. The number of aromatic hydroxyl groups is 1. The summed E-state index contributed by atoms with van der Waals surface area (Å²) >= 11 is 0. The van der Waals surface area contributed by atoms with Gasteiger partial charge in [-0.1, -0.05) is 42.5 Å². The van der Waals surface area contributed by atoms with Crippen molar-refractivity contribution in [2.45, 2.75) is 25.0 Å². The minimum absolute atomic E-state index is 0.179. The molecule has 0 heterocycles. The van der Waals surface area contributed by atoms with E-state index in [9.17, 15) is 5.11 Å². The quantitative estimate of drug-likeness (QED) is 0.883. The molecule has 0 amide bonds. The van der Waals surface area contributed by atoms with Crippen LogP contribution >= 0.6 is 0 Å². The fourth-order valence-corrected chi connectivity index (χ4v) is 2.18. The zero-order chi connectivity index (χ0) is 13.3. The van der Waals surface area contributed by atoms with Crippen molar-refractivity contribution in [1.82, 2.24) is 0 Å². The molecule has 19 heavy (non-hydrogen) atoms. The van der Waals surface area contributed by atoms with Crippen LogP contribution in [0.15, 0.2) is 48.5 Å². The first-order valence-electron chi connectivity index (χ1n) is 6.47. The molecule has 1 aliphatic carbocycles. The van der Waals surface area contributed by atoms with E-state index < -0.39 is 0 Å². The zero-order valence-corrected chi connectivity index (χ0v) is 10.7. The van der Waals surface area contributed by atoms with Crippen LogP contribution in [0, 0.1) is 0 Å². The van der Waals surface area contributed by atoms with E-state index >= 15 is 0 Å². The summed E-state index contributed by atoms with van der Waals surface area (Å²) in [5.41, 5.74) is 7.64. The number of phenols is 1. The number of hydrogen-bond acceptors (Lipinski definition) is 3. The van der Waals surface area contributed by atoms with Crippen LogP contribution in [0.5, 0.6) is 11.5 Å². The van der Waals surface area contributed by atoms with E-state index in [0.717, 1.165) is 24.0 Å². The van der Waals surface area contributed by atoms with E-state index in [2.05, 4.69) is 0 Å². The summed E-state index contributed by atoms with van der Waals surface area (Å²) in [7, 11) is 0. The van der Waals surface area contributed by atoms with Gasteiger partial charge in [0, 0.05) is 11.1 Å². The summed E-state index contributed by atoms with van der Waals surface area (Å²) < 4.78 is 5.68. The Hall–Kier alpha value is -2.00. The topological polar surface area (TPSA) is 55.5 Å². The monoisotopic (exact) mass is 255 g/mol. The first-order valence-corrected chi connectivity index (χ1v) is 6.47. The lowest BCUT2D eigenvalue weighted by Crippen LogP contribution is -2.18. The number of benzene rings is 2. The first kappa shape index (κ1) is 12.1. The van der Waals surface area contributed by atoms with Gasteiger partial charge in [0.1, 0.15) is 6.61 Å². The normalized spacial score (nSPS) is 16.1. The molecule has 1 aliphatic rings. The highest BCUT2D eigenvalue weighted by molar-refractivity contribution is 5.50. The molecule has 0 unspecified atom stereocenters. The Bertz CT molecular complexity index is 577. The van der Waals surface area contributed by atoms with Gasteiger partial charge in [0.2, 0.25) is 0 Å². The van der Waals surface area contributed by atoms with Crippen LogP contribution < -0.4 is 10.5 Å². The van der Waals surface area contributed by atoms with Crippen LogP contribution in [0.2, 0.25) is 0 Å². The van der Waals surface area contributed by atoms with Crippen molar-refractivity contribution in [1.29, 1.82) is 0 Å². The zero-order valence-electron chi connectivity index (χ0n) is 10.7. The standard InChI is InChI=1S/C16H17NO2/c17-16(9-10-16)13-7-4-8-14(15(13)18)19-11-12-5-2-1-3-6-12/h1-8,18H,9-11,17H2. The first-order chi connectivity index (χ1) is 9.19. The summed E-state index contributed by atoms with van der Waals surface area (Å²) in [6.07, 6.45) is 1.84. The van der Waals surface area contributed by atoms with Crippen molar-refractivity contribution in [3.8, 4) is 11.5 Å². The van der Waals surface area contributed by atoms with Gasteiger partial charge in [0.25, 0.3) is 0 Å². The molecule has 3 N–H and O–H groups in total. The maximum Gasteiger partial charge on any atom is 0.162 e. The summed E-state index contributed by atoms with van der Waals surface area (Å²) in [5, 5.41) is 10.2. The smallest absolute Gasteiger partial charge is 0.162 e. The molecule has 2 aromatic rings. The summed E-state index contributed by atoms with van der Waals surface area (Å²) in [4.78, 5) is 0. The van der Waals surface area contributed by atoms with E-state index in [1.54, 1.807) is 6.07 Å². The summed E-state index contributed by atoms with van der Waals surface area (Å²) in [5.74, 6) is 0.677. The van der Waals surface area contributed by atoms with Crippen molar-refractivity contribution >= 4 is 0 Å².